The maximum Gasteiger partial charge on any atom is 0.668 e. The molecule has 0 heterocycles. The zero-order valence-electron chi connectivity index (χ0n) is 14.1. The minimum Gasteiger partial charge on any atom is -0.368 e. The lowest BCUT2D eigenvalue weighted by molar-refractivity contribution is -0.00757. The molecule has 20 N–H and O–H groups in total. The quantitative estimate of drug-likeness (QED) is 0.115. The summed E-state index contributed by atoms with van der Waals surface area (Å²) < 4.78 is 13.6. The lowest BCUT2D eigenvalue weighted by atomic mass is 15.6. The molecule has 31 heavy (non-hydrogen) atoms. The third-order valence-electron chi connectivity index (χ3n) is 1.08. The van der Waals surface area contributed by atoms with Gasteiger partial charge in [0, 0.05) is 0 Å². The molecule has 0 radical (unpaired) electrons. The van der Waals surface area contributed by atoms with Gasteiger partial charge >= 0.3 is 63.3 Å². The van der Waals surface area contributed by atoms with Crippen LogP contribution in [-0.4, -0.2) is 159 Å². The molecule has 0 spiro atoms. The van der Waals surface area contributed by atoms with E-state index in [0.717, 1.165) is 0 Å². The Morgan fingerprint density at radius 1 is 0.258 bits per heavy atom. The van der Waals surface area contributed by atoms with Crippen LogP contribution in [0.3, 0.4) is 0 Å². The summed E-state index contributed by atoms with van der Waals surface area (Å²) in [7, 11) is -36.7. The summed E-state index contributed by atoms with van der Waals surface area (Å²) in [6, 6.07) is 0. The average molecular weight is 601 g/mol. The van der Waals surface area contributed by atoms with Gasteiger partial charge in [0.25, 0.3) is 0 Å². The molecular weight excluding hydrogens is 581 g/mol. The minimum absolute atomic E-state index is 3.24. The highest BCUT2D eigenvalue weighted by atomic mass is 28.5. The Hall–Kier alpha value is 0.558. The fraction of sp³-hybridized carbons (Fsp3) is 0. The first kappa shape index (κ1) is 36.1. The fourth-order valence-electron chi connectivity index (χ4n) is 0.755. The van der Waals surface area contributed by atoms with Crippen LogP contribution in [0.5, 0.6) is 0 Å². The molecule has 0 aliphatic rings. The van der Waals surface area contributed by atoms with Gasteiger partial charge in [0.15, 0.2) is 0 Å². The van der Waals surface area contributed by atoms with E-state index in [9.17, 15) is 0 Å². The summed E-state index contributed by atoms with van der Waals surface area (Å²) in [5.74, 6) is 0. The summed E-state index contributed by atoms with van der Waals surface area (Å²) in [6.45, 7) is 0. The van der Waals surface area contributed by atoms with Crippen LogP contribution in [0, 0.1) is 0 Å². The predicted molar refractivity (Wildman–Crippen MR) is 89.0 cm³/mol. The van der Waals surface area contributed by atoms with Crippen molar-refractivity contribution in [1.29, 1.82) is 0 Å². The van der Waals surface area contributed by atoms with Gasteiger partial charge in [0.05, 0.1) is 0 Å². The van der Waals surface area contributed by atoms with Crippen molar-refractivity contribution in [1.82, 2.24) is 0 Å². The Bertz CT molecular complexity index is 433. The Morgan fingerprint density at radius 3 is 0.516 bits per heavy atom. The van der Waals surface area contributed by atoms with Crippen molar-refractivity contribution in [3.05, 3.63) is 0 Å². The highest BCUT2D eigenvalue weighted by Crippen LogP contribution is 2.12. The van der Waals surface area contributed by atoms with E-state index in [0.29, 0.717) is 0 Å². The Balaban J connectivity index is -0.000000465. The monoisotopic (exact) mass is 600 g/mol. The van der Waals surface area contributed by atoms with Gasteiger partial charge in [-0.15, -0.1) is 0 Å². The third kappa shape index (κ3) is 41.3. The summed E-state index contributed by atoms with van der Waals surface area (Å²) in [5, 5.41) is 0. The van der Waals surface area contributed by atoms with Crippen LogP contribution in [0.25, 0.3) is 0 Å². The lowest BCUT2D eigenvalue weighted by Gasteiger charge is -2.26. The lowest BCUT2D eigenvalue weighted by Crippen LogP contribution is -2.64. The molecule has 0 saturated heterocycles. The van der Waals surface area contributed by atoms with Crippen molar-refractivity contribution >= 4 is 63.3 Å². The highest BCUT2D eigenvalue weighted by Gasteiger charge is 2.59. The van der Waals surface area contributed by atoms with E-state index < -0.39 is 63.3 Å². The van der Waals surface area contributed by atoms with Crippen LogP contribution in [0.4, 0.5) is 0 Å². The molecule has 0 aliphatic heterocycles. The molecule has 31 heteroatoms. The summed E-state index contributed by atoms with van der Waals surface area (Å²) >= 11 is 0. The molecule has 0 rings (SSSR count). The van der Waals surface area contributed by atoms with E-state index >= 15 is 0 Å². The van der Waals surface area contributed by atoms with Gasteiger partial charge in [-0.25, -0.2) is 0 Å². The van der Waals surface area contributed by atoms with Gasteiger partial charge in [-0.05, 0) is 0 Å². The molecular formula is H20O24Si7. The summed E-state index contributed by atoms with van der Waals surface area (Å²) in [6.07, 6.45) is 0. The molecule has 0 unspecified atom stereocenters. The Morgan fingerprint density at radius 2 is 0.419 bits per heavy atom. The summed E-state index contributed by atoms with van der Waals surface area (Å²) in [5.41, 5.74) is 0. The van der Waals surface area contributed by atoms with E-state index in [2.05, 4.69) is 16.5 Å². The van der Waals surface area contributed by atoms with Crippen molar-refractivity contribution < 1.29 is 112 Å². The molecule has 0 atom stereocenters. The van der Waals surface area contributed by atoms with Crippen molar-refractivity contribution in [2.45, 2.75) is 0 Å². The van der Waals surface area contributed by atoms with E-state index in [1.807, 2.05) is 0 Å². The fourth-order valence-corrected chi connectivity index (χ4v) is 7.55. The smallest absolute Gasteiger partial charge is 0.368 e. The maximum atomic E-state index is 8.79. The normalized spacial score (nSPS) is 14.3. The van der Waals surface area contributed by atoms with Gasteiger partial charge < -0.3 is 112 Å². The van der Waals surface area contributed by atoms with Crippen LogP contribution in [-0.2, 0) is 16.5 Å². The molecule has 0 fully saturated rings. The second-order valence-electron chi connectivity index (χ2n) is 4.40. The van der Waals surface area contributed by atoms with Crippen LogP contribution in [0.1, 0.15) is 0 Å². The van der Waals surface area contributed by atoms with Crippen LogP contribution in [0.15, 0.2) is 0 Å². The SMILES string of the molecule is O[Si](O)(O)O.O[Si](O)(O)O[Si](O)(O)O.O[Si](O)(O)O[Si](O)(O)O[Si](O)(O)O[Si](O)(O)O. The van der Waals surface area contributed by atoms with E-state index in [-0.39, 0.29) is 0 Å². The molecule has 0 aromatic carbocycles. The topological polar surface area (TPSA) is 442 Å². The number of hydrogen-bond acceptors (Lipinski definition) is 24. The molecule has 0 bridgehead atoms. The molecule has 0 saturated carbocycles. The van der Waals surface area contributed by atoms with E-state index in [4.69, 9.17) is 95.9 Å². The molecule has 0 amide bonds. The zero-order valence-corrected chi connectivity index (χ0v) is 21.1. The predicted octanol–water partition coefficient (Wildman–Crippen LogP) is -14.1. The van der Waals surface area contributed by atoms with E-state index in [1.165, 1.54) is 0 Å². The number of hydrogen-bond donors (Lipinski definition) is 20. The highest BCUT2D eigenvalue weighted by molar-refractivity contribution is 6.74. The second-order valence-corrected chi connectivity index (χ2v) is 15.7. The minimum atomic E-state index is -5.64. The third-order valence-corrected chi connectivity index (χ3v) is 9.72. The van der Waals surface area contributed by atoms with Crippen LogP contribution < -0.4 is 0 Å². The molecule has 0 aliphatic carbocycles. The molecule has 24 nitrogen and oxygen atoms in total. The van der Waals surface area contributed by atoms with Crippen molar-refractivity contribution in [3.8, 4) is 0 Å². The van der Waals surface area contributed by atoms with E-state index in [1.54, 1.807) is 0 Å². The molecule has 0 aromatic heterocycles. The Kier molecular flexibility index (Phi) is 14.4. The van der Waals surface area contributed by atoms with Gasteiger partial charge in [-0.1, -0.05) is 0 Å². The van der Waals surface area contributed by atoms with Crippen molar-refractivity contribution in [2.24, 2.45) is 0 Å². The molecule has 0 aromatic rings. The van der Waals surface area contributed by atoms with Crippen molar-refractivity contribution in [2.75, 3.05) is 0 Å². The van der Waals surface area contributed by atoms with Gasteiger partial charge in [-0.3, -0.25) is 0 Å². The first-order valence-electron chi connectivity index (χ1n) is 6.11. The first-order chi connectivity index (χ1) is 12.8. The van der Waals surface area contributed by atoms with Gasteiger partial charge in [-0.2, -0.15) is 0 Å². The standard InChI is InChI=1S/H10O13Si4.H6O7Si2.H4O4Si/c1-14(2,3)11-16(7,8)13-17(9,10)12-15(4,5)6;1-8(2,3)7-9(4,5)6;1-5(2,3)4/h1-10H;1-6H;1-4H. The maximum absolute atomic E-state index is 8.79. The van der Waals surface area contributed by atoms with Gasteiger partial charge in [0.1, 0.15) is 0 Å². The number of rotatable bonds is 8. The zero-order chi connectivity index (χ0) is 26.3. The van der Waals surface area contributed by atoms with Crippen LogP contribution >= 0.6 is 0 Å². The van der Waals surface area contributed by atoms with Gasteiger partial charge in [0.2, 0.25) is 0 Å². The molecule has 192 valence electrons. The Labute approximate surface area is 176 Å². The van der Waals surface area contributed by atoms with Crippen LogP contribution in [0.2, 0.25) is 0 Å². The second kappa shape index (κ2) is 12.3. The summed E-state index contributed by atoms with van der Waals surface area (Å²) in [4.78, 5) is 162. The van der Waals surface area contributed by atoms with Crippen molar-refractivity contribution in [3.63, 3.8) is 0 Å². The largest absolute Gasteiger partial charge is 0.668 e. The average Bonchev–Trinajstić information content (AvgIpc) is 2.08. The first-order valence-corrected chi connectivity index (χ1v) is 18.3.